The molecule has 0 fully saturated rings. The summed E-state index contributed by atoms with van der Waals surface area (Å²) in [4.78, 5) is 21.9. The largest absolute Gasteiger partial charge is 0.355 e. The fourth-order valence-electron chi connectivity index (χ4n) is 2.44. The minimum Gasteiger partial charge on any atom is -0.355 e. The molecule has 0 spiro atoms. The molecule has 2 aromatic heterocycles. The maximum Gasteiger partial charge on any atom is 0.225 e. The van der Waals surface area contributed by atoms with E-state index in [2.05, 4.69) is 20.6 Å². The normalized spacial score (nSPS) is 13.5. The number of aromatic nitrogens is 2. The van der Waals surface area contributed by atoms with E-state index in [9.17, 15) is 4.79 Å². The van der Waals surface area contributed by atoms with Crippen molar-refractivity contribution in [2.45, 2.75) is 26.2 Å². The van der Waals surface area contributed by atoms with Gasteiger partial charge in [-0.2, -0.15) is 0 Å². The summed E-state index contributed by atoms with van der Waals surface area (Å²) in [6, 6.07) is 0. The first kappa shape index (κ1) is 13.6. The van der Waals surface area contributed by atoms with E-state index in [1.165, 1.54) is 23.8 Å². The number of aryl methyl sites for hydroxylation is 2. The summed E-state index contributed by atoms with van der Waals surface area (Å²) >= 11 is 8.01. The van der Waals surface area contributed by atoms with Crippen LogP contribution in [0.3, 0.4) is 0 Å². The average molecular weight is 311 g/mol. The molecule has 0 bridgehead atoms. The zero-order valence-electron chi connectivity index (χ0n) is 11.1. The van der Waals surface area contributed by atoms with Crippen LogP contribution in [0.25, 0.3) is 10.2 Å². The Morgan fingerprint density at radius 3 is 3.00 bits per heavy atom. The number of carbonyl (C=O) groups is 1. The highest BCUT2D eigenvalue weighted by Crippen LogP contribution is 2.39. The Labute approximate surface area is 125 Å². The summed E-state index contributed by atoms with van der Waals surface area (Å²) < 4.78 is 0. The number of halogens is 1. The zero-order chi connectivity index (χ0) is 14.1. The highest BCUT2D eigenvalue weighted by molar-refractivity contribution is 7.19. The predicted octanol–water partition coefficient (Wildman–Crippen LogP) is 2.38. The number of hydrogen-bond acceptors (Lipinski definition) is 5. The number of amides is 1. The molecule has 20 heavy (non-hydrogen) atoms. The summed E-state index contributed by atoms with van der Waals surface area (Å²) in [6.45, 7) is 2.61. The topological polar surface area (TPSA) is 66.9 Å². The molecule has 0 saturated heterocycles. The molecule has 5 nitrogen and oxygen atoms in total. The Morgan fingerprint density at radius 2 is 2.20 bits per heavy atom. The van der Waals surface area contributed by atoms with Gasteiger partial charge in [-0.15, -0.1) is 11.3 Å². The van der Waals surface area contributed by atoms with Gasteiger partial charge in [0.25, 0.3) is 0 Å². The van der Waals surface area contributed by atoms with Gasteiger partial charge in [0.2, 0.25) is 11.9 Å². The van der Waals surface area contributed by atoms with E-state index in [1.54, 1.807) is 11.3 Å². The van der Waals surface area contributed by atoms with E-state index in [-0.39, 0.29) is 5.91 Å². The number of fused-ring (bicyclic) bond motifs is 3. The lowest BCUT2D eigenvalue weighted by atomic mass is 10.2. The fourth-order valence-corrected chi connectivity index (χ4v) is 4.04. The van der Waals surface area contributed by atoms with Gasteiger partial charge in [-0.25, -0.2) is 9.97 Å². The second-order valence-electron chi connectivity index (χ2n) is 4.79. The molecule has 3 rings (SSSR count). The van der Waals surface area contributed by atoms with Crippen molar-refractivity contribution in [3.63, 3.8) is 0 Å². The van der Waals surface area contributed by atoms with Crippen molar-refractivity contribution in [2.24, 2.45) is 0 Å². The molecule has 2 aromatic rings. The van der Waals surface area contributed by atoms with Gasteiger partial charge < -0.3 is 10.6 Å². The van der Waals surface area contributed by atoms with Crippen LogP contribution in [0.1, 0.15) is 23.8 Å². The number of thiophene rings is 1. The first-order chi connectivity index (χ1) is 9.65. The van der Waals surface area contributed by atoms with Crippen molar-refractivity contribution in [2.75, 3.05) is 18.4 Å². The Hall–Kier alpha value is -1.40. The number of carbonyl (C=O) groups excluding carboxylic acids is 1. The highest BCUT2D eigenvalue weighted by atomic mass is 35.5. The van der Waals surface area contributed by atoms with E-state index in [1.807, 2.05) is 0 Å². The van der Waals surface area contributed by atoms with E-state index < -0.39 is 0 Å². The number of nitrogens with zero attached hydrogens (tertiary/aromatic N) is 2. The lowest BCUT2D eigenvalue weighted by Gasteiger charge is -2.06. The molecule has 2 N–H and O–H groups in total. The first-order valence-electron chi connectivity index (χ1n) is 6.61. The predicted molar refractivity (Wildman–Crippen MR) is 81.6 cm³/mol. The summed E-state index contributed by atoms with van der Waals surface area (Å²) in [7, 11) is 0. The van der Waals surface area contributed by atoms with Crippen LogP contribution in [0.5, 0.6) is 0 Å². The smallest absolute Gasteiger partial charge is 0.225 e. The SMILES string of the molecule is CC(=O)NCCNc1nc(Cl)c2c3c(sc2n1)CCC3. The van der Waals surface area contributed by atoms with Gasteiger partial charge in [0.05, 0.1) is 5.39 Å². The molecule has 0 atom stereocenters. The lowest BCUT2D eigenvalue weighted by Crippen LogP contribution is -2.26. The van der Waals surface area contributed by atoms with Gasteiger partial charge in [0.15, 0.2) is 0 Å². The van der Waals surface area contributed by atoms with E-state index >= 15 is 0 Å². The molecular weight excluding hydrogens is 296 g/mol. The third kappa shape index (κ3) is 2.58. The number of anilines is 1. The molecule has 0 aliphatic heterocycles. The monoisotopic (exact) mass is 310 g/mol. The van der Waals surface area contributed by atoms with Crippen LogP contribution in [-0.2, 0) is 17.6 Å². The van der Waals surface area contributed by atoms with Crippen LogP contribution in [0.4, 0.5) is 5.95 Å². The number of rotatable bonds is 4. The molecule has 7 heteroatoms. The van der Waals surface area contributed by atoms with Gasteiger partial charge in [-0.3, -0.25) is 4.79 Å². The van der Waals surface area contributed by atoms with Crippen LogP contribution in [-0.4, -0.2) is 29.0 Å². The Bertz CT molecular complexity index is 670. The van der Waals surface area contributed by atoms with E-state index in [4.69, 9.17) is 11.6 Å². The molecule has 0 saturated carbocycles. The minimum atomic E-state index is -0.0455. The Kier molecular flexibility index (Phi) is 3.76. The maximum absolute atomic E-state index is 10.8. The number of nitrogens with one attached hydrogen (secondary N) is 2. The van der Waals surface area contributed by atoms with Gasteiger partial charge in [0.1, 0.15) is 9.98 Å². The molecule has 2 heterocycles. The second kappa shape index (κ2) is 5.54. The van der Waals surface area contributed by atoms with Crippen molar-refractivity contribution >= 4 is 45.0 Å². The molecule has 0 aromatic carbocycles. The van der Waals surface area contributed by atoms with Gasteiger partial charge in [-0.1, -0.05) is 11.6 Å². The van der Waals surface area contributed by atoms with Crippen LogP contribution in [0, 0.1) is 0 Å². The molecular formula is C13H15ClN4OS. The lowest BCUT2D eigenvalue weighted by molar-refractivity contribution is -0.118. The van der Waals surface area contributed by atoms with Crippen molar-refractivity contribution < 1.29 is 4.79 Å². The summed E-state index contributed by atoms with van der Waals surface area (Å²) in [5, 5.41) is 7.34. The minimum absolute atomic E-state index is 0.0455. The van der Waals surface area contributed by atoms with E-state index in [0.29, 0.717) is 24.2 Å². The summed E-state index contributed by atoms with van der Waals surface area (Å²) in [5.41, 5.74) is 1.33. The van der Waals surface area contributed by atoms with Gasteiger partial charge in [0, 0.05) is 24.9 Å². The third-order valence-corrected chi connectivity index (χ3v) is 4.76. The average Bonchev–Trinajstić information content (AvgIpc) is 2.94. The van der Waals surface area contributed by atoms with Crippen molar-refractivity contribution in [1.82, 2.24) is 15.3 Å². The van der Waals surface area contributed by atoms with Crippen LogP contribution >= 0.6 is 22.9 Å². The summed E-state index contributed by atoms with van der Waals surface area (Å²) in [6.07, 6.45) is 3.40. The molecule has 1 aliphatic carbocycles. The highest BCUT2D eigenvalue weighted by Gasteiger charge is 2.21. The first-order valence-corrected chi connectivity index (χ1v) is 7.80. The zero-order valence-corrected chi connectivity index (χ0v) is 12.7. The summed E-state index contributed by atoms with van der Waals surface area (Å²) in [5.74, 6) is 0.476. The standard InChI is InChI=1S/C13H15ClN4OS/c1-7(19)15-5-6-16-13-17-11(14)10-8-3-2-4-9(8)20-12(10)18-13/h2-6H2,1H3,(H,15,19)(H,16,17,18). The van der Waals surface area contributed by atoms with Gasteiger partial charge in [-0.05, 0) is 24.8 Å². The third-order valence-electron chi connectivity index (χ3n) is 3.30. The van der Waals surface area contributed by atoms with E-state index in [0.717, 1.165) is 23.1 Å². The maximum atomic E-state index is 10.8. The fraction of sp³-hybridized carbons (Fsp3) is 0.462. The second-order valence-corrected chi connectivity index (χ2v) is 6.23. The number of hydrogen-bond donors (Lipinski definition) is 2. The van der Waals surface area contributed by atoms with Crippen molar-refractivity contribution in [3.05, 3.63) is 15.6 Å². The molecule has 1 amide bonds. The van der Waals surface area contributed by atoms with Crippen molar-refractivity contribution in [1.29, 1.82) is 0 Å². The van der Waals surface area contributed by atoms with Crippen LogP contribution < -0.4 is 10.6 Å². The Balaban J connectivity index is 1.78. The van der Waals surface area contributed by atoms with Crippen molar-refractivity contribution in [3.8, 4) is 0 Å². The van der Waals surface area contributed by atoms with Gasteiger partial charge >= 0.3 is 0 Å². The van der Waals surface area contributed by atoms with Crippen LogP contribution in [0.15, 0.2) is 0 Å². The molecule has 1 aliphatic rings. The molecule has 0 unspecified atom stereocenters. The molecule has 0 radical (unpaired) electrons. The quantitative estimate of drug-likeness (QED) is 0.672. The Morgan fingerprint density at radius 1 is 1.35 bits per heavy atom. The van der Waals surface area contributed by atoms with Crippen LogP contribution in [0.2, 0.25) is 5.15 Å². The molecule has 106 valence electrons.